The summed E-state index contributed by atoms with van der Waals surface area (Å²) in [5.41, 5.74) is 0. The number of hydrogen-bond donors (Lipinski definition) is 2. The average Bonchev–Trinajstić information content (AvgIpc) is 2.19. The minimum absolute atomic E-state index is 0.228. The standard InChI is InChI=1S/C12H20O3/c1-7-5-8(12(14)15)6-10-9(7)3-2-4-11(10)13/h7-11,13H,2-6H2,1H3,(H,14,15)/t7-,8?,9?,10?,11-/m0/s1. The van der Waals surface area contributed by atoms with E-state index in [1.54, 1.807) is 0 Å². The number of hydrogen-bond acceptors (Lipinski definition) is 2. The Morgan fingerprint density at radius 3 is 2.60 bits per heavy atom. The Labute approximate surface area is 90.5 Å². The van der Waals surface area contributed by atoms with Crippen LogP contribution in [0.5, 0.6) is 0 Å². The zero-order chi connectivity index (χ0) is 11.0. The summed E-state index contributed by atoms with van der Waals surface area (Å²) in [6.07, 6.45) is 4.36. The third-order valence-corrected chi connectivity index (χ3v) is 4.37. The van der Waals surface area contributed by atoms with E-state index < -0.39 is 5.97 Å². The first-order valence-electron chi connectivity index (χ1n) is 6.00. The van der Waals surface area contributed by atoms with Gasteiger partial charge in [0.2, 0.25) is 0 Å². The molecule has 0 saturated heterocycles. The summed E-state index contributed by atoms with van der Waals surface area (Å²) in [4.78, 5) is 11.0. The van der Waals surface area contributed by atoms with E-state index in [-0.39, 0.29) is 17.9 Å². The Kier molecular flexibility index (Phi) is 3.01. The van der Waals surface area contributed by atoms with Gasteiger partial charge in [-0.1, -0.05) is 13.3 Å². The first kappa shape index (κ1) is 10.9. The van der Waals surface area contributed by atoms with Gasteiger partial charge in [-0.05, 0) is 43.4 Å². The van der Waals surface area contributed by atoms with Gasteiger partial charge in [0, 0.05) is 0 Å². The summed E-state index contributed by atoms with van der Waals surface area (Å²) in [5, 5.41) is 19.0. The van der Waals surface area contributed by atoms with Gasteiger partial charge in [0.15, 0.2) is 0 Å². The topological polar surface area (TPSA) is 57.5 Å². The second-order valence-corrected chi connectivity index (χ2v) is 5.31. The molecule has 86 valence electrons. The fraction of sp³-hybridized carbons (Fsp3) is 0.917. The highest BCUT2D eigenvalue weighted by Crippen LogP contribution is 2.45. The highest BCUT2D eigenvalue weighted by Gasteiger charge is 2.42. The van der Waals surface area contributed by atoms with Crippen LogP contribution in [0, 0.1) is 23.7 Å². The van der Waals surface area contributed by atoms with Crippen molar-refractivity contribution in [1.29, 1.82) is 0 Å². The number of fused-ring (bicyclic) bond motifs is 1. The van der Waals surface area contributed by atoms with Crippen molar-refractivity contribution in [2.75, 3.05) is 0 Å². The molecule has 0 amide bonds. The van der Waals surface area contributed by atoms with Crippen molar-refractivity contribution in [2.24, 2.45) is 23.7 Å². The van der Waals surface area contributed by atoms with Crippen LogP contribution in [0.15, 0.2) is 0 Å². The third kappa shape index (κ3) is 2.03. The van der Waals surface area contributed by atoms with Crippen LogP contribution in [0.1, 0.15) is 39.0 Å². The van der Waals surface area contributed by atoms with Crippen LogP contribution >= 0.6 is 0 Å². The normalized spacial score (nSPS) is 45.9. The summed E-state index contributed by atoms with van der Waals surface area (Å²) in [7, 11) is 0. The van der Waals surface area contributed by atoms with E-state index in [4.69, 9.17) is 5.11 Å². The first-order chi connectivity index (χ1) is 7.09. The maximum atomic E-state index is 11.0. The number of carboxylic acids is 1. The molecule has 3 heteroatoms. The predicted molar refractivity (Wildman–Crippen MR) is 56.4 cm³/mol. The van der Waals surface area contributed by atoms with Gasteiger partial charge in [-0.25, -0.2) is 0 Å². The summed E-state index contributed by atoms with van der Waals surface area (Å²) < 4.78 is 0. The number of aliphatic carboxylic acids is 1. The van der Waals surface area contributed by atoms with Gasteiger partial charge in [0.05, 0.1) is 12.0 Å². The number of rotatable bonds is 1. The van der Waals surface area contributed by atoms with E-state index in [0.717, 1.165) is 19.3 Å². The maximum Gasteiger partial charge on any atom is 0.306 e. The molecular formula is C12H20O3. The second kappa shape index (κ2) is 4.12. The van der Waals surface area contributed by atoms with E-state index in [1.165, 1.54) is 6.42 Å². The Morgan fingerprint density at radius 1 is 1.20 bits per heavy atom. The molecule has 2 rings (SSSR count). The Morgan fingerprint density at radius 2 is 1.93 bits per heavy atom. The highest BCUT2D eigenvalue weighted by atomic mass is 16.4. The van der Waals surface area contributed by atoms with Gasteiger partial charge in [-0.15, -0.1) is 0 Å². The molecule has 2 aliphatic rings. The van der Waals surface area contributed by atoms with E-state index in [2.05, 4.69) is 6.92 Å². The molecular weight excluding hydrogens is 192 g/mol. The molecule has 0 radical (unpaired) electrons. The van der Waals surface area contributed by atoms with Gasteiger partial charge in [-0.3, -0.25) is 4.79 Å². The van der Waals surface area contributed by atoms with Gasteiger partial charge in [0.25, 0.3) is 0 Å². The van der Waals surface area contributed by atoms with Crippen molar-refractivity contribution in [3.05, 3.63) is 0 Å². The van der Waals surface area contributed by atoms with Gasteiger partial charge >= 0.3 is 5.97 Å². The molecule has 2 fully saturated rings. The fourth-order valence-corrected chi connectivity index (χ4v) is 3.56. The summed E-state index contributed by atoms with van der Waals surface area (Å²) in [5.74, 6) is 0.347. The maximum absolute atomic E-state index is 11.0. The first-order valence-corrected chi connectivity index (χ1v) is 6.00. The molecule has 0 aliphatic heterocycles. The van der Waals surface area contributed by atoms with Crippen molar-refractivity contribution >= 4 is 5.97 Å². The van der Waals surface area contributed by atoms with Crippen molar-refractivity contribution in [2.45, 2.75) is 45.1 Å². The predicted octanol–water partition coefficient (Wildman–Crippen LogP) is 1.89. The molecule has 3 nitrogen and oxygen atoms in total. The second-order valence-electron chi connectivity index (χ2n) is 5.31. The molecule has 0 aromatic carbocycles. The molecule has 3 unspecified atom stereocenters. The summed E-state index contributed by atoms with van der Waals surface area (Å²) in [6, 6.07) is 0. The lowest BCUT2D eigenvalue weighted by Crippen LogP contribution is -2.42. The molecule has 2 saturated carbocycles. The van der Waals surface area contributed by atoms with Crippen LogP contribution in [0.25, 0.3) is 0 Å². The molecule has 5 atom stereocenters. The minimum Gasteiger partial charge on any atom is -0.481 e. The van der Waals surface area contributed by atoms with Crippen LogP contribution in [0.3, 0.4) is 0 Å². The zero-order valence-corrected chi connectivity index (χ0v) is 9.22. The number of carboxylic acid groups (broad SMARTS) is 1. The zero-order valence-electron chi connectivity index (χ0n) is 9.22. The van der Waals surface area contributed by atoms with Crippen molar-refractivity contribution in [3.8, 4) is 0 Å². The summed E-state index contributed by atoms with van der Waals surface area (Å²) in [6.45, 7) is 2.14. The molecule has 2 aliphatic carbocycles. The lowest BCUT2D eigenvalue weighted by Gasteiger charge is -2.44. The smallest absolute Gasteiger partial charge is 0.306 e. The van der Waals surface area contributed by atoms with Crippen molar-refractivity contribution < 1.29 is 15.0 Å². The van der Waals surface area contributed by atoms with E-state index in [9.17, 15) is 9.90 Å². The molecule has 0 aromatic rings. The highest BCUT2D eigenvalue weighted by molar-refractivity contribution is 5.70. The quantitative estimate of drug-likeness (QED) is 0.698. The van der Waals surface area contributed by atoms with Crippen LogP contribution in [-0.2, 0) is 4.79 Å². The van der Waals surface area contributed by atoms with E-state index in [0.29, 0.717) is 18.3 Å². The van der Waals surface area contributed by atoms with Crippen LogP contribution in [-0.4, -0.2) is 22.3 Å². The third-order valence-electron chi connectivity index (χ3n) is 4.37. The molecule has 0 aromatic heterocycles. The van der Waals surface area contributed by atoms with Crippen molar-refractivity contribution in [1.82, 2.24) is 0 Å². The lowest BCUT2D eigenvalue weighted by molar-refractivity contribution is -0.146. The molecule has 15 heavy (non-hydrogen) atoms. The Balaban J connectivity index is 2.10. The van der Waals surface area contributed by atoms with E-state index in [1.807, 2.05) is 0 Å². The molecule has 0 spiro atoms. The van der Waals surface area contributed by atoms with Crippen LogP contribution in [0.2, 0.25) is 0 Å². The largest absolute Gasteiger partial charge is 0.481 e. The average molecular weight is 212 g/mol. The van der Waals surface area contributed by atoms with Gasteiger partial charge < -0.3 is 10.2 Å². The van der Waals surface area contributed by atoms with Gasteiger partial charge in [0.1, 0.15) is 0 Å². The van der Waals surface area contributed by atoms with Crippen LogP contribution in [0.4, 0.5) is 0 Å². The molecule has 0 bridgehead atoms. The van der Waals surface area contributed by atoms with Gasteiger partial charge in [-0.2, -0.15) is 0 Å². The Bertz CT molecular complexity index is 251. The summed E-state index contributed by atoms with van der Waals surface area (Å²) >= 11 is 0. The SMILES string of the molecule is C[C@H]1CC(C(=O)O)CC2C1CCC[C@@H]2O. The number of carbonyl (C=O) groups is 1. The fourth-order valence-electron chi connectivity index (χ4n) is 3.56. The number of aliphatic hydroxyl groups is 1. The monoisotopic (exact) mass is 212 g/mol. The molecule has 0 heterocycles. The van der Waals surface area contributed by atoms with Crippen molar-refractivity contribution in [3.63, 3.8) is 0 Å². The Hall–Kier alpha value is -0.570. The molecule has 2 N–H and O–H groups in total. The number of aliphatic hydroxyl groups excluding tert-OH is 1. The van der Waals surface area contributed by atoms with Crippen LogP contribution < -0.4 is 0 Å². The van der Waals surface area contributed by atoms with E-state index >= 15 is 0 Å². The lowest BCUT2D eigenvalue weighted by atomic mass is 9.62. The minimum atomic E-state index is -0.682.